The first-order valence-corrected chi connectivity index (χ1v) is 6.29. The molecule has 96 valence electrons. The fourth-order valence-electron chi connectivity index (χ4n) is 2.03. The lowest BCUT2D eigenvalue weighted by molar-refractivity contribution is -0.0177. The molecule has 0 spiro atoms. The molecule has 2 unspecified atom stereocenters. The molecule has 1 aliphatic heterocycles. The molecule has 0 bridgehead atoms. The van der Waals surface area contributed by atoms with Gasteiger partial charge in [-0.1, -0.05) is 6.92 Å². The molecule has 1 heterocycles. The molecule has 0 radical (unpaired) electrons. The van der Waals surface area contributed by atoms with Crippen LogP contribution in [0.2, 0.25) is 0 Å². The Morgan fingerprint density at radius 3 is 2.88 bits per heavy atom. The van der Waals surface area contributed by atoms with E-state index >= 15 is 0 Å². The van der Waals surface area contributed by atoms with Gasteiger partial charge in [-0.25, -0.2) is 0 Å². The molecular formula is C12H26N2O2. The van der Waals surface area contributed by atoms with Crippen molar-refractivity contribution in [1.82, 2.24) is 10.2 Å². The monoisotopic (exact) mass is 230 g/mol. The summed E-state index contributed by atoms with van der Waals surface area (Å²) in [4.78, 5) is 2.39. The van der Waals surface area contributed by atoms with Crippen LogP contribution in [0.1, 0.15) is 27.2 Å². The Morgan fingerprint density at radius 1 is 1.56 bits per heavy atom. The van der Waals surface area contributed by atoms with Crippen molar-refractivity contribution < 1.29 is 9.84 Å². The average molecular weight is 230 g/mol. The first kappa shape index (κ1) is 13.9. The van der Waals surface area contributed by atoms with Gasteiger partial charge in [0.2, 0.25) is 0 Å². The van der Waals surface area contributed by atoms with E-state index in [9.17, 15) is 5.11 Å². The van der Waals surface area contributed by atoms with Gasteiger partial charge in [0.25, 0.3) is 0 Å². The SMILES string of the molecule is CCCNC(C)(CO)CN1CCOCC1C. The summed E-state index contributed by atoms with van der Waals surface area (Å²) in [6.07, 6.45) is 1.09. The number of aliphatic hydroxyl groups is 1. The summed E-state index contributed by atoms with van der Waals surface area (Å²) in [5, 5.41) is 12.9. The highest BCUT2D eigenvalue weighted by atomic mass is 16.5. The highest BCUT2D eigenvalue weighted by molar-refractivity contribution is 4.88. The maximum atomic E-state index is 9.51. The van der Waals surface area contributed by atoms with Gasteiger partial charge in [0, 0.05) is 19.1 Å². The van der Waals surface area contributed by atoms with Crippen molar-refractivity contribution in [3.8, 4) is 0 Å². The van der Waals surface area contributed by atoms with Gasteiger partial charge < -0.3 is 15.2 Å². The van der Waals surface area contributed by atoms with E-state index in [1.807, 2.05) is 0 Å². The van der Waals surface area contributed by atoms with E-state index < -0.39 is 0 Å². The van der Waals surface area contributed by atoms with Crippen LogP contribution in [0, 0.1) is 0 Å². The molecule has 0 aliphatic carbocycles. The van der Waals surface area contributed by atoms with Gasteiger partial charge in [-0.15, -0.1) is 0 Å². The summed E-state index contributed by atoms with van der Waals surface area (Å²) < 4.78 is 5.42. The van der Waals surface area contributed by atoms with Gasteiger partial charge in [0.1, 0.15) is 0 Å². The van der Waals surface area contributed by atoms with Gasteiger partial charge in [0.05, 0.1) is 25.4 Å². The van der Waals surface area contributed by atoms with Crippen LogP contribution in [0.25, 0.3) is 0 Å². The predicted octanol–water partition coefficient (Wildman–Crippen LogP) is 0.458. The summed E-state index contributed by atoms with van der Waals surface area (Å²) in [5.74, 6) is 0. The molecule has 16 heavy (non-hydrogen) atoms. The van der Waals surface area contributed by atoms with Crippen molar-refractivity contribution in [3.05, 3.63) is 0 Å². The summed E-state index contributed by atoms with van der Waals surface area (Å²) in [7, 11) is 0. The highest BCUT2D eigenvalue weighted by Crippen LogP contribution is 2.12. The lowest BCUT2D eigenvalue weighted by atomic mass is 10.0. The van der Waals surface area contributed by atoms with Gasteiger partial charge in [0.15, 0.2) is 0 Å². The minimum Gasteiger partial charge on any atom is -0.394 e. The Kier molecular flexibility index (Phi) is 5.69. The van der Waals surface area contributed by atoms with E-state index in [2.05, 4.69) is 31.0 Å². The number of ether oxygens (including phenoxy) is 1. The van der Waals surface area contributed by atoms with E-state index in [4.69, 9.17) is 4.74 Å². The zero-order chi connectivity index (χ0) is 12.0. The minimum atomic E-state index is -0.193. The molecule has 1 rings (SSSR count). The maximum absolute atomic E-state index is 9.51. The van der Waals surface area contributed by atoms with Gasteiger partial charge in [-0.2, -0.15) is 0 Å². The molecule has 1 aliphatic rings. The van der Waals surface area contributed by atoms with Crippen molar-refractivity contribution in [1.29, 1.82) is 0 Å². The number of rotatable bonds is 6. The van der Waals surface area contributed by atoms with Crippen LogP contribution in [0.3, 0.4) is 0 Å². The second kappa shape index (κ2) is 6.55. The molecule has 0 aromatic rings. The van der Waals surface area contributed by atoms with Crippen LogP contribution < -0.4 is 5.32 Å². The molecule has 0 saturated carbocycles. The van der Waals surface area contributed by atoms with E-state index in [0.29, 0.717) is 6.04 Å². The largest absolute Gasteiger partial charge is 0.394 e. The third-order valence-electron chi connectivity index (χ3n) is 3.21. The van der Waals surface area contributed by atoms with Crippen LogP contribution in [0.15, 0.2) is 0 Å². The van der Waals surface area contributed by atoms with Crippen LogP contribution in [-0.4, -0.2) is 61.0 Å². The molecule has 0 aromatic heterocycles. The molecular weight excluding hydrogens is 204 g/mol. The fourth-order valence-corrected chi connectivity index (χ4v) is 2.03. The van der Waals surface area contributed by atoms with Gasteiger partial charge in [-0.05, 0) is 26.8 Å². The third kappa shape index (κ3) is 4.01. The molecule has 2 atom stereocenters. The molecule has 0 amide bonds. The van der Waals surface area contributed by atoms with E-state index in [0.717, 1.165) is 39.3 Å². The molecule has 4 nitrogen and oxygen atoms in total. The molecule has 2 N–H and O–H groups in total. The number of nitrogens with one attached hydrogen (secondary N) is 1. The smallest absolute Gasteiger partial charge is 0.0623 e. The van der Waals surface area contributed by atoms with Crippen molar-refractivity contribution in [3.63, 3.8) is 0 Å². The minimum absolute atomic E-state index is 0.178. The number of hydrogen-bond acceptors (Lipinski definition) is 4. The Morgan fingerprint density at radius 2 is 2.31 bits per heavy atom. The summed E-state index contributed by atoms with van der Waals surface area (Å²) in [6.45, 7) is 11.0. The summed E-state index contributed by atoms with van der Waals surface area (Å²) in [6, 6.07) is 0.447. The summed E-state index contributed by atoms with van der Waals surface area (Å²) >= 11 is 0. The topological polar surface area (TPSA) is 44.7 Å². The first-order valence-electron chi connectivity index (χ1n) is 6.29. The number of nitrogens with zero attached hydrogens (tertiary/aromatic N) is 1. The number of hydrogen-bond donors (Lipinski definition) is 2. The lowest BCUT2D eigenvalue weighted by Crippen LogP contribution is -2.58. The standard InChI is InChI=1S/C12H26N2O2/c1-4-5-13-12(3,10-15)9-14-6-7-16-8-11(14)2/h11,13,15H,4-10H2,1-3H3. The Bertz CT molecular complexity index is 201. The van der Waals surface area contributed by atoms with Crippen LogP contribution in [0.4, 0.5) is 0 Å². The van der Waals surface area contributed by atoms with Gasteiger partial charge >= 0.3 is 0 Å². The molecule has 1 fully saturated rings. The van der Waals surface area contributed by atoms with Crippen LogP contribution in [0.5, 0.6) is 0 Å². The number of aliphatic hydroxyl groups excluding tert-OH is 1. The van der Waals surface area contributed by atoms with Gasteiger partial charge in [-0.3, -0.25) is 4.90 Å². The van der Waals surface area contributed by atoms with Crippen molar-refractivity contribution in [2.45, 2.75) is 38.8 Å². The zero-order valence-corrected chi connectivity index (χ0v) is 10.8. The quantitative estimate of drug-likeness (QED) is 0.696. The van der Waals surface area contributed by atoms with Crippen LogP contribution >= 0.6 is 0 Å². The first-order chi connectivity index (χ1) is 7.61. The zero-order valence-electron chi connectivity index (χ0n) is 10.8. The molecule has 1 saturated heterocycles. The summed E-state index contributed by atoms with van der Waals surface area (Å²) in [5.41, 5.74) is -0.193. The average Bonchev–Trinajstić information content (AvgIpc) is 2.30. The predicted molar refractivity (Wildman–Crippen MR) is 65.6 cm³/mol. The molecule has 0 aromatic carbocycles. The second-order valence-electron chi connectivity index (χ2n) is 5.04. The fraction of sp³-hybridized carbons (Fsp3) is 1.00. The van der Waals surface area contributed by atoms with Crippen molar-refractivity contribution in [2.75, 3.05) is 39.5 Å². The third-order valence-corrected chi connectivity index (χ3v) is 3.21. The Hall–Kier alpha value is -0.160. The maximum Gasteiger partial charge on any atom is 0.0623 e. The van der Waals surface area contributed by atoms with Crippen LogP contribution in [-0.2, 0) is 4.74 Å². The molecule has 4 heteroatoms. The lowest BCUT2D eigenvalue weighted by Gasteiger charge is -2.40. The van der Waals surface area contributed by atoms with E-state index in [-0.39, 0.29) is 12.1 Å². The Balaban J connectivity index is 2.46. The van der Waals surface area contributed by atoms with E-state index in [1.165, 1.54) is 0 Å². The normalized spacial score (nSPS) is 26.6. The van der Waals surface area contributed by atoms with Crippen molar-refractivity contribution >= 4 is 0 Å². The Labute approximate surface area is 99.0 Å². The van der Waals surface area contributed by atoms with Crippen molar-refractivity contribution in [2.24, 2.45) is 0 Å². The second-order valence-corrected chi connectivity index (χ2v) is 5.04. The van der Waals surface area contributed by atoms with E-state index in [1.54, 1.807) is 0 Å². The highest BCUT2D eigenvalue weighted by Gasteiger charge is 2.29. The number of morpholine rings is 1.